The third-order valence-electron chi connectivity index (χ3n) is 6.56. The maximum absolute atomic E-state index is 11.3. The second-order valence-corrected chi connectivity index (χ2v) is 9.60. The molecule has 1 aromatic heterocycles. The van der Waals surface area contributed by atoms with Crippen molar-refractivity contribution in [3.05, 3.63) is 60.0 Å². The van der Waals surface area contributed by atoms with Crippen molar-refractivity contribution in [1.29, 1.82) is 0 Å². The molecule has 0 bridgehead atoms. The summed E-state index contributed by atoms with van der Waals surface area (Å²) in [6.45, 7) is 3.75. The molecule has 1 saturated carbocycles. The van der Waals surface area contributed by atoms with Gasteiger partial charge in [0.25, 0.3) is 0 Å². The fraction of sp³-hybridized carbons (Fsp3) is 0.481. The van der Waals surface area contributed by atoms with Crippen molar-refractivity contribution in [3.63, 3.8) is 0 Å². The first kappa shape index (κ1) is 23.3. The van der Waals surface area contributed by atoms with Gasteiger partial charge in [-0.2, -0.15) is 0 Å². The Kier molecular flexibility index (Phi) is 7.33. The van der Waals surface area contributed by atoms with Gasteiger partial charge in [-0.25, -0.2) is 9.78 Å². The van der Waals surface area contributed by atoms with E-state index in [1.54, 1.807) is 13.8 Å². The number of nitrogens with one attached hydrogen (secondary N) is 1. The summed E-state index contributed by atoms with van der Waals surface area (Å²) in [5.41, 5.74) is 1.53. The van der Waals surface area contributed by atoms with Crippen LogP contribution in [-0.4, -0.2) is 21.7 Å². The van der Waals surface area contributed by atoms with E-state index in [-0.39, 0.29) is 6.04 Å². The second kappa shape index (κ2) is 10.4. The summed E-state index contributed by atoms with van der Waals surface area (Å²) < 4.78 is 11.7. The van der Waals surface area contributed by atoms with Gasteiger partial charge in [0, 0.05) is 6.54 Å². The van der Waals surface area contributed by atoms with Crippen LogP contribution in [0.15, 0.2) is 52.9 Å². The fourth-order valence-corrected chi connectivity index (χ4v) is 4.48. The third kappa shape index (κ3) is 6.14. The lowest BCUT2D eigenvalue weighted by atomic mass is 9.85. The van der Waals surface area contributed by atoms with E-state index in [9.17, 15) is 9.90 Å². The number of carboxylic acid groups (broad SMARTS) is 1. The van der Waals surface area contributed by atoms with E-state index in [1.165, 1.54) is 38.5 Å². The summed E-state index contributed by atoms with van der Waals surface area (Å²) in [5.74, 6) is 1.09. The predicted molar refractivity (Wildman–Crippen MR) is 128 cm³/mol. The average Bonchev–Trinajstić information content (AvgIpc) is 3.24. The monoisotopic (exact) mass is 450 g/mol. The SMILES string of the molecule is CC(C)(Oc1ccc(CNC(CCC2CCCCC2)c2nc3ccccc3o2)cc1)C(=O)O. The number of benzene rings is 2. The first-order valence-corrected chi connectivity index (χ1v) is 12.0. The van der Waals surface area contributed by atoms with E-state index >= 15 is 0 Å². The van der Waals surface area contributed by atoms with Crippen LogP contribution in [0.4, 0.5) is 0 Å². The van der Waals surface area contributed by atoms with Crippen molar-refractivity contribution in [2.45, 2.75) is 77.0 Å². The number of ether oxygens (including phenoxy) is 1. The molecule has 0 spiro atoms. The normalized spacial score (nSPS) is 16.1. The zero-order valence-electron chi connectivity index (χ0n) is 19.5. The highest BCUT2D eigenvalue weighted by Gasteiger charge is 2.29. The number of hydrogen-bond donors (Lipinski definition) is 2. The Bertz CT molecular complexity index is 1020. The number of aliphatic carboxylic acids is 1. The zero-order valence-corrected chi connectivity index (χ0v) is 19.5. The highest BCUT2D eigenvalue weighted by atomic mass is 16.5. The van der Waals surface area contributed by atoms with Crippen molar-refractivity contribution in [2.75, 3.05) is 0 Å². The van der Waals surface area contributed by atoms with E-state index in [0.717, 1.165) is 34.9 Å². The average molecular weight is 451 g/mol. The molecular weight excluding hydrogens is 416 g/mol. The molecule has 6 nitrogen and oxygen atoms in total. The number of rotatable bonds is 10. The molecule has 0 saturated heterocycles. The lowest BCUT2D eigenvalue weighted by Crippen LogP contribution is -2.37. The molecular formula is C27H34N2O4. The lowest BCUT2D eigenvalue weighted by Gasteiger charge is -2.24. The molecule has 4 rings (SSSR count). The van der Waals surface area contributed by atoms with Gasteiger partial charge in [0.2, 0.25) is 5.89 Å². The van der Waals surface area contributed by atoms with Crippen LogP contribution in [0, 0.1) is 5.92 Å². The van der Waals surface area contributed by atoms with E-state index in [2.05, 4.69) is 5.32 Å². The van der Waals surface area contributed by atoms with Gasteiger partial charge < -0.3 is 19.6 Å². The largest absolute Gasteiger partial charge is 0.478 e. The van der Waals surface area contributed by atoms with Crippen LogP contribution in [0.5, 0.6) is 5.75 Å². The van der Waals surface area contributed by atoms with Gasteiger partial charge in [-0.3, -0.25) is 0 Å². The van der Waals surface area contributed by atoms with Gasteiger partial charge in [-0.05, 0) is 62.4 Å². The molecule has 1 aliphatic carbocycles. The molecule has 6 heteroatoms. The number of oxazole rings is 1. The maximum Gasteiger partial charge on any atom is 0.347 e. The van der Waals surface area contributed by atoms with Crippen LogP contribution in [0.3, 0.4) is 0 Å². The first-order chi connectivity index (χ1) is 15.9. The van der Waals surface area contributed by atoms with Crippen LogP contribution in [-0.2, 0) is 11.3 Å². The minimum absolute atomic E-state index is 0.0428. The van der Waals surface area contributed by atoms with Gasteiger partial charge in [0.15, 0.2) is 11.2 Å². The van der Waals surface area contributed by atoms with Gasteiger partial charge in [-0.1, -0.05) is 56.4 Å². The standard InChI is InChI=1S/C27H34N2O4/c1-27(2,26(30)31)33-21-15-12-20(13-16-21)18-28-23(17-14-19-8-4-3-5-9-19)25-29-22-10-6-7-11-24(22)32-25/h6-7,10-13,15-16,19,23,28H,3-5,8-9,14,17-18H2,1-2H3,(H,30,31). The van der Waals surface area contributed by atoms with Crippen LogP contribution >= 0.6 is 0 Å². The van der Waals surface area contributed by atoms with Crippen LogP contribution in [0.2, 0.25) is 0 Å². The first-order valence-electron chi connectivity index (χ1n) is 12.0. The topological polar surface area (TPSA) is 84.6 Å². The summed E-state index contributed by atoms with van der Waals surface area (Å²) >= 11 is 0. The quantitative estimate of drug-likeness (QED) is 0.379. The van der Waals surface area contributed by atoms with Crippen molar-refractivity contribution in [2.24, 2.45) is 5.92 Å². The number of hydrogen-bond acceptors (Lipinski definition) is 5. The van der Waals surface area contributed by atoms with Crippen LogP contribution in [0.1, 0.15) is 76.3 Å². The lowest BCUT2D eigenvalue weighted by molar-refractivity contribution is -0.152. The van der Waals surface area contributed by atoms with E-state index in [0.29, 0.717) is 12.3 Å². The molecule has 33 heavy (non-hydrogen) atoms. The molecule has 1 atom stereocenters. The summed E-state index contributed by atoms with van der Waals surface area (Å²) in [6, 6.07) is 15.5. The smallest absolute Gasteiger partial charge is 0.347 e. The molecule has 3 aromatic rings. The highest BCUT2D eigenvalue weighted by Crippen LogP contribution is 2.31. The molecule has 1 heterocycles. The minimum atomic E-state index is -1.27. The number of carboxylic acids is 1. The molecule has 0 aliphatic heterocycles. The van der Waals surface area contributed by atoms with Crippen LogP contribution in [0.25, 0.3) is 11.1 Å². The second-order valence-electron chi connectivity index (χ2n) is 9.60. The summed E-state index contributed by atoms with van der Waals surface area (Å²) in [4.78, 5) is 16.1. The summed E-state index contributed by atoms with van der Waals surface area (Å²) in [6.07, 6.45) is 8.88. The Morgan fingerprint density at radius 1 is 1.15 bits per heavy atom. The maximum atomic E-state index is 11.3. The third-order valence-corrected chi connectivity index (χ3v) is 6.56. The highest BCUT2D eigenvalue weighted by molar-refractivity contribution is 5.76. The van der Waals surface area contributed by atoms with E-state index in [1.807, 2.05) is 48.5 Å². The van der Waals surface area contributed by atoms with Crippen molar-refractivity contribution in [3.8, 4) is 5.75 Å². The molecule has 0 radical (unpaired) electrons. The molecule has 0 amide bonds. The Labute approximate surface area is 195 Å². The van der Waals surface area contributed by atoms with E-state index < -0.39 is 11.6 Å². The van der Waals surface area contributed by atoms with Crippen molar-refractivity contribution < 1.29 is 19.1 Å². The Morgan fingerprint density at radius 3 is 2.58 bits per heavy atom. The van der Waals surface area contributed by atoms with Gasteiger partial charge in [0.1, 0.15) is 11.3 Å². The van der Waals surface area contributed by atoms with Crippen molar-refractivity contribution >= 4 is 17.1 Å². The van der Waals surface area contributed by atoms with E-state index in [4.69, 9.17) is 14.1 Å². The fourth-order valence-electron chi connectivity index (χ4n) is 4.48. The molecule has 1 fully saturated rings. The Balaban J connectivity index is 1.42. The Hall–Kier alpha value is -2.86. The number of fused-ring (bicyclic) bond motifs is 1. The minimum Gasteiger partial charge on any atom is -0.478 e. The number of aromatic nitrogens is 1. The summed E-state index contributed by atoms with van der Waals surface area (Å²) in [7, 11) is 0. The van der Waals surface area contributed by atoms with Crippen LogP contribution < -0.4 is 10.1 Å². The van der Waals surface area contributed by atoms with Crippen molar-refractivity contribution in [1.82, 2.24) is 10.3 Å². The molecule has 2 N–H and O–H groups in total. The molecule has 1 unspecified atom stereocenters. The van der Waals surface area contributed by atoms with Gasteiger partial charge in [0.05, 0.1) is 6.04 Å². The molecule has 176 valence electrons. The zero-order chi connectivity index (χ0) is 23.3. The predicted octanol–water partition coefficient (Wildman–Crippen LogP) is 6.26. The number of carbonyl (C=O) groups is 1. The van der Waals surface area contributed by atoms with Gasteiger partial charge >= 0.3 is 5.97 Å². The molecule has 2 aromatic carbocycles. The summed E-state index contributed by atoms with van der Waals surface area (Å²) in [5, 5.41) is 12.9. The number of para-hydroxylation sites is 2. The molecule has 1 aliphatic rings. The Morgan fingerprint density at radius 2 is 1.88 bits per heavy atom. The number of nitrogens with zero attached hydrogens (tertiary/aromatic N) is 1. The van der Waals surface area contributed by atoms with Gasteiger partial charge in [-0.15, -0.1) is 0 Å².